The summed E-state index contributed by atoms with van der Waals surface area (Å²) in [6.45, 7) is 2.19. The first-order valence-corrected chi connectivity index (χ1v) is 10.8. The highest BCUT2D eigenvalue weighted by Crippen LogP contribution is 2.30. The number of para-hydroxylation sites is 1. The van der Waals surface area contributed by atoms with Crippen molar-refractivity contribution in [2.75, 3.05) is 5.32 Å². The van der Waals surface area contributed by atoms with Crippen molar-refractivity contribution in [3.05, 3.63) is 78.1 Å². The van der Waals surface area contributed by atoms with Crippen LogP contribution in [0.25, 0.3) is 20.8 Å². The second-order valence-electron chi connectivity index (χ2n) is 7.03. The van der Waals surface area contributed by atoms with Gasteiger partial charge in [0.2, 0.25) is 0 Å². The van der Waals surface area contributed by atoms with Crippen molar-refractivity contribution in [3.8, 4) is 10.6 Å². The third kappa shape index (κ3) is 4.69. The number of unbranched alkanes of at least 4 members (excludes halogenated alkanes) is 2. The summed E-state index contributed by atoms with van der Waals surface area (Å²) in [6, 6.07) is 19.7. The fraction of sp³-hybridized carbons (Fsp3) is 0.208. The standard InChI is InChI=1S/C24H23N3OS/c1-2-3-4-7-17-10-15-21(25-16-17)23(28)26-19-13-11-18(12-14-19)24-27-20-8-5-6-9-22(20)29-24/h5-6,8-16H,2-4,7H2,1H3,(H,26,28). The summed E-state index contributed by atoms with van der Waals surface area (Å²) in [7, 11) is 0. The zero-order chi connectivity index (χ0) is 20.1. The molecule has 2 heterocycles. The van der Waals surface area contributed by atoms with Crippen LogP contribution in [-0.2, 0) is 6.42 Å². The Hall–Kier alpha value is -3.05. The van der Waals surface area contributed by atoms with E-state index in [4.69, 9.17) is 0 Å². The van der Waals surface area contributed by atoms with Crippen molar-refractivity contribution in [1.82, 2.24) is 9.97 Å². The summed E-state index contributed by atoms with van der Waals surface area (Å²) < 4.78 is 1.17. The molecule has 0 spiro atoms. The maximum atomic E-state index is 12.5. The Morgan fingerprint density at radius 3 is 2.55 bits per heavy atom. The molecule has 29 heavy (non-hydrogen) atoms. The van der Waals surface area contributed by atoms with Crippen molar-refractivity contribution >= 4 is 33.1 Å². The van der Waals surface area contributed by atoms with Crippen molar-refractivity contribution < 1.29 is 4.79 Å². The molecule has 0 atom stereocenters. The summed E-state index contributed by atoms with van der Waals surface area (Å²) in [4.78, 5) is 21.5. The fourth-order valence-electron chi connectivity index (χ4n) is 3.17. The SMILES string of the molecule is CCCCCc1ccc(C(=O)Nc2ccc(-c3nc4ccccc4s3)cc2)nc1. The van der Waals surface area contributed by atoms with Crippen LogP contribution >= 0.6 is 11.3 Å². The highest BCUT2D eigenvalue weighted by molar-refractivity contribution is 7.21. The van der Waals surface area contributed by atoms with Gasteiger partial charge in [-0.25, -0.2) is 4.98 Å². The molecule has 0 aliphatic rings. The molecule has 0 saturated carbocycles. The molecule has 4 aromatic rings. The van der Waals surface area contributed by atoms with Crippen LogP contribution in [0, 0.1) is 0 Å². The topological polar surface area (TPSA) is 54.9 Å². The van der Waals surface area contributed by atoms with Crippen LogP contribution in [0.15, 0.2) is 66.9 Å². The summed E-state index contributed by atoms with van der Waals surface area (Å²) >= 11 is 1.67. The van der Waals surface area contributed by atoms with Gasteiger partial charge in [0.15, 0.2) is 0 Å². The van der Waals surface area contributed by atoms with Crippen LogP contribution in [0.2, 0.25) is 0 Å². The maximum Gasteiger partial charge on any atom is 0.274 e. The monoisotopic (exact) mass is 401 g/mol. The van der Waals surface area contributed by atoms with Gasteiger partial charge in [0.1, 0.15) is 10.7 Å². The number of benzene rings is 2. The number of carbonyl (C=O) groups excluding carboxylic acids is 1. The number of rotatable bonds is 7. The predicted octanol–water partition coefficient (Wildman–Crippen LogP) is 6.34. The summed E-state index contributed by atoms with van der Waals surface area (Å²) in [5.41, 5.74) is 4.40. The fourth-order valence-corrected chi connectivity index (χ4v) is 4.14. The van der Waals surface area contributed by atoms with E-state index in [1.165, 1.54) is 23.1 Å². The molecule has 0 radical (unpaired) electrons. The molecule has 0 aliphatic heterocycles. The molecule has 2 aromatic heterocycles. The molecule has 1 N–H and O–H groups in total. The first kappa shape index (κ1) is 19.3. The predicted molar refractivity (Wildman–Crippen MR) is 120 cm³/mol. The largest absolute Gasteiger partial charge is 0.321 e. The molecule has 4 rings (SSSR count). The van der Waals surface area contributed by atoms with Gasteiger partial charge in [-0.1, -0.05) is 38.0 Å². The van der Waals surface area contributed by atoms with Crippen molar-refractivity contribution in [2.45, 2.75) is 32.6 Å². The minimum atomic E-state index is -0.196. The van der Waals surface area contributed by atoms with Gasteiger partial charge in [0.05, 0.1) is 10.2 Å². The first-order chi connectivity index (χ1) is 14.2. The average Bonchev–Trinajstić information content (AvgIpc) is 3.19. The number of hydrogen-bond donors (Lipinski definition) is 1. The zero-order valence-electron chi connectivity index (χ0n) is 16.4. The van der Waals surface area contributed by atoms with Gasteiger partial charge in [0, 0.05) is 17.4 Å². The number of fused-ring (bicyclic) bond motifs is 1. The second kappa shape index (κ2) is 8.97. The van der Waals surface area contributed by atoms with E-state index >= 15 is 0 Å². The van der Waals surface area contributed by atoms with Crippen LogP contribution < -0.4 is 5.32 Å². The highest BCUT2D eigenvalue weighted by Gasteiger charge is 2.09. The van der Waals surface area contributed by atoms with E-state index in [0.717, 1.165) is 34.6 Å². The molecule has 0 aliphatic carbocycles. The van der Waals surface area contributed by atoms with E-state index in [0.29, 0.717) is 5.69 Å². The van der Waals surface area contributed by atoms with E-state index in [-0.39, 0.29) is 5.91 Å². The van der Waals surface area contributed by atoms with E-state index in [9.17, 15) is 4.79 Å². The first-order valence-electron chi connectivity index (χ1n) is 9.95. The Balaban J connectivity index is 1.41. The second-order valence-corrected chi connectivity index (χ2v) is 8.06. The minimum Gasteiger partial charge on any atom is -0.321 e. The minimum absolute atomic E-state index is 0.196. The van der Waals surface area contributed by atoms with Gasteiger partial charge in [-0.15, -0.1) is 11.3 Å². The third-order valence-electron chi connectivity index (χ3n) is 4.81. The van der Waals surface area contributed by atoms with Crippen molar-refractivity contribution in [2.24, 2.45) is 0 Å². The summed E-state index contributed by atoms with van der Waals surface area (Å²) in [6.07, 6.45) is 6.39. The number of carbonyl (C=O) groups is 1. The molecule has 1 amide bonds. The lowest BCUT2D eigenvalue weighted by Gasteiger charge is -2.06. The number of aromatic nitrogens is 2. The summed E-state index contributed by atoms with van der Waals surface area (Å²) in [5.74, 6) is -0.196. The summed E-state index contributed by atoms with van der Waals surface area (Å²) in [5, 5.41) is 3.89. The third-order valence-corrected chi connectivity index (χ3v) is 5.90. The number of aryl methyl sites for hydroxylation is 1. The molecular formula is C24H23N3OS. The Labute approximate surface area is 174 Å². The quantitative estimate of drug-likeness (QED) is 0.367. The van der Waals surface area contributed by atoms with Crippen LogP contribution in [0.3, 0.4) is 0 Å². The lowest BCUT2D eigenvalue weighted by atomic mass is 10.1. The van der Waals surface area contributed by atoms with E-state index in [2.05, 4.69) is 28.3 Å². The molecule has 0 bridgehead atoms. The Kier molecular flexibility index (Phi) is 5.96. The highest BCUT2D eigenvalue weighted by atomic mass is 32.1. The smallest absolute Gasteiger partial charge is 0.274 e. The van der Waals surface area contributed by atoms with Gasteiger partial charge >= 0.3 is 0 Å². The van der Waals surface area contributed by atoms with Crippen molar-refractivity contribution in [3.63, 3.8) is 0 Å². The number of thiazole rings is 1. The van der Waals surface area contributed by atoms with Gasteiger partial charge < -0.3 is 5.32 Å². The zero-order valence-corrected chi connectivity index (χ0v) is 17.2. The van der Waals surface area contributed by atoms with Crippen LogP contribution in [0.5, 0.6) is 0 Å². The van der Waals surface area contributed by atoms with Gasteiger partial charge in [-0.05, 0) is 60.9 Å². The molecule has 2 aromatic carbocycles. The van der Waals surface area contributed by atoms with Gasteiger partial charge in [0.25, 0.3) is 5.91 Å². The lowest BCUT2D eigenvalue weighted by Crippen LogP contribution is -2.13. The molecule has 4 nitrogen and oxygen atoms in total. The normalized spacial score (nSPS) is 10.9. The molecule has 5 heteroatoms. The van der Waals surface area contributed by atoms with Gasteiger partial charge in [-0.2, -0.15) is 0 Å². The van der Waals surface area contributed by atoms with E-state index in [1.54, 1.807) is 23.6 Å². The number of nitrogens with one attached hydrogen (secondary N) is 1. The van der Waals surface area contributed by atoms with Crippen molar-refractivity contribution in [1.29, 1.82) is 0 Å². The molecule has 0 saturated heterocycles. The number of anilines is 1. The number of pyridine rings is 1. The van der Waals surface area contributed by atoms with E-state index < -0.39 is 0 Å². The van der Waals surface area contributed by atoms with Gasteiger partial charge in [-0.3, -0.25) is 9.78 Å². The van der Waals surface area contributed by atoms with Crippen LogP contribution in [0.1, 0.15) is 42.2 Å². The van der Waals surface area contributed by atoms with Crippen LogP contribution in [-0.4, -0.2) is 15.9 Å². The molecule has 146 valence electrons. The number of hydrogen-bond acceptors (Lipinski definition) is 4. The number of nitrogens with zero attached hydrogens (tertiary/aromatic N) is 2. The lowest BCUT2D eigenvalue weighted by molar-refractivity contribution is 0.102. The molecule has 0 fully saturated rings. The van der Waals surface area contributed by atoms with E-state index in [1.807, 2.05) is 48.5 Å². The number of amides is 1. The Morgan fingerprint density at radius 1 is 1.00 bits per heavy atom. The molecule has 0 unspecified atom stereocenters. The molecular weight excluding hydrogens is 378 g/mol. The Morgan fingerprint density at radius 2 is 1.83 bits per heavy atom. The maximum absolute atomic E-state index is 12.5. The van der Waals surface area contributed by atoms with Crippen LogP contribution in [0.4, 0.5) is 5.69 Å². The average molecular weight is 402 g/mol. The Bertz CT molecular complexity index is 1070.